The minimum absolute atomic E-state index is 0.168. The summed E-state index contributed by atoms with van der Waals surface area (Å²) in [7, 11) is 0. The summed E-state index contributed by atoms with van der Waals surface area (Å²) < 4.78 is 4.96. The van der Waals surface area contributed by atoms with Gasteiger partial charge in [-0.2, -0.15) is 0 Å². The molecular formula is C22H38O3. The zero-order valence-corrected chi connectivity index (χ0v) is 17.6. The third-order valence-electron chi connectivity index (χ3n) is 3.37. The van der Waals surface area contributed by atoms with E-state index in [0.717, 1.165) is 11.1 Å². The van der Waals surface area contributed by atoms with Crippen LogP contribution in [0.15, 0.2) is 46.6 Å². The van der Waals surface area contributed by atoms with Crippen LogP contribution >= 0.6 is 0 Å². The smallest absolute Gasteiger partial charge is 0.302 e. The van der Waals surface area contributed by atoms with Gasteiger partial charge >= 0.3 is 5.97 Å². The fraction of sp³-hybridized carbons (Fsp3) is 0.591. The van der Waals surface area contributed by atoms with Crippen LogP contribution in [0.2, 0.25) is 0 Å². The summed E-state index contributed by atoms with van der Waals surface area (Å²) in [6, 6.07) is 0. The molecule has 0 spiro atoms. The maximum absolute atomic E-state index is 10.6. The van der Waals surface area contributed by atoms with Crippen LogP contribution in [-0.2, 0) is 9.53 Å². The second-order valence-electron chi connectivity index (χ2n) is 7.22. The van der Waals surface area contributed by atoms with Crippen LogP contribution in [0, 0.1) is 11.8 Å². The second-order valence-corrected chi connectivity index (χ2v) is 7.22. The third kappa shape index (κ3) is 17.0. The van der Waals surface area contributed by atoms with Crippen molar-refractivity contribution < 1.29 is 14.6 Å². The summed E-state index contributed by atoms with van der Waals surface area (Å²) in [5.41, 5.74) is 4.73. The van der Waals surface area contributed by atoms with Crippen molar-refractivity contribution >= 4 is 5.97 Å². The van der Waals surface area contributed by atoms with E-state index in [1.54, 1.807) is 0 Å². The first kappa shape index (κ1) is 25.6. The van der Waals surface area contributed by atoms with E-state index in [0.29, 0.717) is 18.4 Å². The molecule has 25 heavy (non-hydrogen) atoms. The first-order chi connectivity index (χ1) is 11.5. The van der Waals surface area contributed by atoms with Gasteiger partial charge in [-0.05, 0) is 50.7 Å². The lowest BCUT2D eigenvalue weighted by atomic mass is 10.0. The molecule has 0 atom stereocenters. The Hall–Kier alpha value is -1.61. The van der Waals surface area contributed by atoms with Crippen LogP contribution in [0.1, 0.15) is 62.3 Å². The number of hydrogen-bond donors (Lipinski definition) is 1. The number of aliphatic hydroxyl groups is 1. The first-order valence-corrected chi connectivity index (χ1v) is 8.93. The average molecular weight is 351 g/mol. The molecule has 0 amide bonds. The molecule has 0 aliphatic heterocycles. The van der Waals surface area contributed by atoms with Crippen LogP contribution in [0.3, 0.4) is 0 Å². The Morgan fingerprint density at radius 2 is 1.20 bits per heavy atom. The molecule has 0 aromatic rings. The number of aliphatic hydroxyl groups excluding tert-OH is 1. The number of carbonyl (C=O) groups excluding carboxylic acids is 1. The maximum atomic E-state index is 10.6. The lowest BCUT2D eigenvalue weighted by Gasteiger charge is -2.10. The molecule has 0 saturated heterocycles. The summed E-state index contributed by atoms with van der Waals surface area (Å²) in [5.74, 6) is 0.620. The molecule has 0 aromatic heterocycles. The van der Waals surface area contributed by atoms with Crippen LogP contribution in [0.25, 0.3) is 0 Å². The predicted molar refractivity (Wildman–Crippen MR) is 108 cm³/mol. The van der Waals surface area contributed by atoms with Gasteiger partial charge in [0.1, 0.15) is 6.61 Å². The number of hydrogen-bond acceptors (Lipinski definition) is 3. The highest BCUT2D eigenvalue weighted by atomic mass is 16.5. The van der Waals surface area contributed by atoms with Crippen LogP contribution in [0.5, 0.6) is 0 Å². The number of carbonyl (C=O) groups is 1. The van der Waals surface area contributed by atoms with Crippen molar-refractivity contribution in [1.29, 1.82) is 0 Å². The van der Waals surface area contributed by atoms with Crippen molar-refractivity contribution in [3.05, 3.63) is 46.6 Å². The molecule has 144 valence electrons. The zero-order chi connectivity index (χ0) is 20.0. The molecule has 1 N–H and O–H groups in total. The Labute approximate surface area is 155 Å². The third-order valence-corrected chi connectivity index (χ3v) is 3.37. The summed E-state index contributed by atoms with van der Waals surface area (Å²) in [6.45, 7) is 18.5. The highest BCUT2D eigenvalue weighted by Gasteiger charge is 2.04. The highest BCUT2D eigenvalue weighted by molar-refractivity contribution is 5.66. The number of esters is 1. The molecule has 3 heteroatoms. The molecule has 0 fully saturated rings. The Kier molecular flexibility index (Phi) is 15.1. The molecule has 0 heterocycles. The van der Waals surface area contributed by atoms with Crippen molar-refractivity contribution in [2.75, 3.05) is 13.2 Å². The predicted octanol–water partition coefficient (Wildman–Crippen LogP) is 5.63. The number of rotatable bonds is 7. The van der Waals surface area contributed by atoms with E-state index in [4.69, 9.17) is 9.84 Å². The molecule has 0 aliphatic carbocycles. The Morgan fingerprint density at radius 3 is 1.48 bits per heavy atom. The highest BCUT2D eigenvalue weighted by Crippen LogP contribution is 2.11. The van der Waals surface area contributed by atoms with E-state index in [1.807, 2.05) is 52.0 Å². The van der Waals surface area contributed by atoms with Gasteiger partial charge in [-0.25, -0.2) is 0 Å². The van der Waals surface area contributed by atoms with Crippen LogP contribution in [0.4, 0.5) is 0 Å². The van der Waals surface area contributed by atoms with Crippen LogP contribution in [-0.4, -0.2) is 24.3 Å². The molecule has 0 unspecified atom stereocenters. The maximum Gasteiger partial charge on any atom is 0.302 e. The van der Waals surface area contributed by atoms with Gasteiger partial charge in [0.2, 0.25) is 0 Å². The van der Waals surface area contributed by atoms with E-state index >= 15 is 0 Å². The summed E-state index contributed by atoms with van der Waals surface area (Å²) >= 11 is 0. The Bertz CT molecular complexity index is 495. The number of allylic oxidation sites excluding steroid dienone is 6. The van der Waals surface area contributed by atoms with Gasteiger partial charge in [-0.1, -0.05) is 63.1 Å². The molecule has 0 aliphatic rings. The second kappa shape index (κ2) is 14.7. The van der Waals surface area contributed by atoms with Crippen molar-refractivity contribution in [1.82, 2.24) is 0 Å². The lowest BCUT2D eigenvalue weighted by molar-refractivity contribution is -0.140. The normalized spacial score (nSPS) is 11.7. The average Bonchev–Trinajstić information content (AvgIpc) is 2.46. The summed E-state index contributed by atoms with van der Waals surface area (Å²) in [5, 5.41) is 8.91. The fourth-order valence-electron chi connectivity index (χ4n) is 1.57. The summed E-state index contributed by atoms with van der Waals surface area (Å²) in [4.78, 5) is 10.6. The largest absolute Gasteiger partial charge is 0.461 e. The standard InChI is InChI=1S/C12H20O2.C10H18O/c1-9(2)6-7-12(10(3)4)8-14-11(5)13;1-8(2)5-6-10(7-11)9(3)4/h6-7,10H,8H2,1-5H3;5-6,9,11H,7H2,1-4H3/b12-7-;10-6-. The zero-order valence-electron chi connectivity index (χ0n) is 17.6. The topological polar surface area (TPSA) is 46.5 Å². The van der Waals surface area contributed by atoms with E-state index in [-0.39, 0.29) is 12.6 Å². The summed E-state index contributed by atoms with van der Waals surface area (Å²) in [6.07, 6.45) is 8.10. The molecular weight excluding hydrogens is 312 g/mol. The van der Waals surface area contributed by atoms with Gasteiger partial charge < -0.3 is 9.84 Å². The van der Waals surface area contributed by atoms with Gasteiger partial charge in [-0.3, -0.25) is 4.79 Å². The van der Waals surface area contributed by atoms with Gasteiger partial charge in [0.15, 0.2) is 0 Å². The minimum atomic E-state index is -0.228. The Balaban J connectivity index is 0. The monoisotopic (exact) mass is 350 g/mol. The van der Waals surface area contributed by atoms with E-state index < -0.39 is 0 Å². The Morgan fingerprint density at radius 1 is 0.800 bits per heavy atom. The van der Waals surface area contributed by atoms with Crippen molar-refractivity contribution in [2.24, 2.45) is 11.8 Å². The van der Waals surface area contributed by atoms with Crippen molar-refractivity contribution in [3.8, 4) is 0 Å². The molecule has 0 rings (SSSR count). The molecule has 0 aromatic carbocycles. The van der Waals surface area contributed by atoms with E-state index in [9.17, 15) is 4.79 Å². The van der Waals surface area contributed by atoms with E-state index in [1.165, 1.54) is 18.1 Å². The fourth-order valence-corrected chi connectivity index (χ4v) is 1.57. The van der Waals surface area contributed by atoms with Gasteiger partial charge in [0, 0.05) is 6.92 Å². The van der Waals surface area contributed by atoms with Gasteiger partial charge in [-0.15, -0.1) is 0 Å². The quantitative estimate of drug-likeness (QED) is 0.478. The molecule has 0 bridgehead atoms. The SMILES string of the molecule is CC(=O)OC/C(=C/C=C(C)C)C(C)C.CC(C)=C/C=C(/CO)C(C)C. The van der Waals surface area contributed by atoms with E-state index in [2.05, 4.69) is 27.7 Å². The number of ether oxygens (including phenoxy) is 1. The molecule has 0 saturated carbocycles. The molecule has 0 radical (unpaired) electrons. The lowest BCUT2D eigenvalue weighted by Crippen LogP contribution is -2.07. The first-order valence-electron chi connectivity index (χ1n) is 8.93. The van der Waals surface area contributed by atoms with Crippen molar-refractivity contribution in [2.45, 2.75) is 62.3 Å². The van der Waals surface area contributed by atoms with Crippen molar-refractivity contribution in [3.63, 3.8) is 0 Å². The van der Waals surface area contributed by atoms with Crippen LogP contribution < -0.4 is 0 Å². The van der Waals surface area contributed by atoms with Gasteiger partial charge in [0.25, 0.3) is 0 Å². The van der Waals surface area contributed by atoms with Gasteiger partial charge in [0.05, 0.1) is 6.61 Å². The molecule has 3 nitrogen and oxygen atoms in total. The minimum Gasteiger partial charge on any atom is -0.461 e.